The lowest BCUT2D eigenvalue weighted by Crippen LogP contribution is -2.14. The molecule has 0 fully saturated rings. The van der Waals surface area contributed by atoms with Crippen molar-refractivity contribution >= 4 is 28.9 Å². The lowest BCUT2D eigenvalue weighted by molar-refractivity contribution is -0.384. The van der Waals surface area contributed by atoms with Gasteiger partial charge in [-0.15, -0.1) is 0 Å². The summed E-state index contributed by atoms with van der Waals surface area (Å²) in [5.41, 5.74) is 2.24. The number of carbonyl (C=O) groups is 1. The number of nitrogens with one attached hydrogen (secondary N) is 1. The standard InChI is InChI=1S/C29H21ClN4O5/c30-22-8-12-26(13-9-22)39-27-17-23(16-24(18-27)34(36)37)31-29(35)28-14-15-33(32-28)19-38-25-10-6-21(7-11-25)20-4-2-1-3-5-20/h1-18H,19H2,(H,31,35). The van der Waals surface area contributed by atoms with E-state index in [4.69, 9.17) is 21.1 Å². The van der Waals surface area contributed by atoms with E-state index in [2.05, 4.69) is 10.4 Å². The summed E-state index contributed by atoms with van der Waals surface area (Å²) in [6, 6.07) is 29.7. The molecule has 1 amide bonds. The fourth-order valence-corrected chi connectivity index (χ4v) is 3.85. The molecule has 0 aliphatic rings. The molecule has 1 N–H and O–H groups in total. The number of benzene rings is 4. The van der Waals surface area contributed by atoms with Crippen molar-refractivity contribution in [2.24, 2.45) is 0 Å². The first-order chi connectivity index (χ1) is 18.9. The number of nitro benzene ring substituents is 1. The molecule has 0 bridgehead atoms. The molecule has 194 valence electrons. The lowest BCUT2D eigenvalue weighted by Gasteiger charge is -2.09. The summed E-state index contributed by atoms with van der Waals surface area (Å²) in [7, 11) is 0. The monoisotopic (exact) mass is 540 g/mol. The van der Waals surface area contributed by atoms with Crippen LogP contribution in [0.1, 0.15) is 10.5 Å². The first-order valence-corrected chi connectivity index (χ1v) is 12.2. The Labute approximate surface area is 228 Å². The first-order valence-electron chi connectivity index (χ1n) is 11.8. The average Bonchev–Trinajstić information content (AvgIpc) is 3.43. The third-order valence-electron chi connectivity index (χ3n) is 5.61. The third kappa shape index (κ3) is 6.60. The van der Waals surface area contributed by atoms with E-state index < -0.39 is 10.8 Å². The van der Waals surface area contributed by atoms with Gasteiger partial charge >= 0.3 is 0 Å². The van der Waals surface area contributed by atoms with E-state index in [9.17, 15) is 14.9 Å². The Hall–Kier alpha value is -5.15. The number of halogens is 1. The summed E-state index contributed by atoms with van der Waals surface area (Å²) in [5, 5.41) is 18.8. The minimum atomic E-state index is -0.567. The second kappa shape index (κ2) is 11.5. The van der Waals surface area contributed by atoms with Gasteiger partial charge in [-0.1, -0.05) is 54.1 Å². The van der Waals surface area contributed by atoms with Gasteiger partial charge in [0.1, 0.15) is 17.2 Å². The maximum atomic E-state index is 12.8. The predicted molar refractivity (Wildman–Crippen MR) is 147 cm³/mol. The molecular weight excluding hydrogens is 520 g/mol. The number of aromatic nitrogens is 2. The van der Waals surface area contributed by atoms with E-state index in [1.165, 1.54) is 28.9 Å². The van der Waals surface area contributed by atoms with E-state index in [0.717, 1.165) is 11.1 Å². The molecule has 0 radical (unpaired) electrons. The minimum absolute atomic E-state index is 0.0911. The van der Waals surface area contributed by atoms with Crippen LogP contribution in [0, 0.1) is 10.1 Å². The van der Waals surface area contributed by atoms with Crippen molar-refractivity contribution in [3.8, 4) is 28.4 Å². The molecule has 0 saturated heterocycles. The van der Waals surface area contributed by atoms with Crippen LogP contribution in [0.5, 0.6) is 17.2 Å². The summed E-state index contributed by atoms with van der Waals surface area (Å²) in [6.45, 7) is 0.0911. The van der Waals surface area contributed by atoms with Crippen LogP contribution in [0.4, 0.5) is 11.4 Å². The summed E-state index contributed by atoms with van der Waals surface area (Å²) < 4.78 is 13.0. The van der Waals surface area contributed by atoms with Crippen LogP contribution in [-0.2, 0) is 6.73 Å². The highest BCUT2D eigenvalue weighted by atomic mass is 35.5. The zero-order valence-electron chi connectivity index (χ0n) is 20.4. The summed E-state index contributed by atoms with van der Waals surface area (Å²) in [5.74, 6) is 0.726. The SMILES string of the molecule is O=C(Nc1cc(Oc2ccc(Cl)cc2)cc([N+](=O)[O-])c1)c1ccn(COc2ccc(-c3ccccc3)cc2)n1. The van der Waals surface area contributed by atoms with Crippen LogP contribution in [-0.4, -0.2) is 20.6 Å². The van der Waals surface area contributed by atoms with Crippen LogP contribution in [0.3, 0.4) is 0 Å². The molecule has 5 rings (SSSR count). The molecule has 0 spiro atoms. The normalized spacial score (nSPS) is 10.6. The number of ether oxygens (including phenoxy) is 2. The third-order valence-corrected chi connectivity index (χ3v) is 5.86. The van der Waals surface area contributed by atoms with Crippen LogP contribution in [0.2, 0.25) is 5.02 Å². The van der Waals surface area contributed by atoms with Crippen molar-refractivity contribution in [2.75, 3.05) is 5.32 Å². The minimum Gasteiger partial charge on any atom is -0.471 e. The molecule has 10 heteroatoms. The number of hydrogen-bond acceptors (Lipinski definition) is 6. The highest BCUT2D eigenvalue weighted by Crippen LogP contribution is 2.30. The maximum Gasteiger partial charge on any atom is 0.276 e. The van der Waals surface area contributed by atoms with Gasteiger partial charge in [0, 0.05) is 23.4 Å². The summed E-state index contributed by atoms with van der Waals surface area (Å²) in [6.07, 6.45) is 1.61. The van der Waals surface area contributed by atoms with Crippen molar-refractivity contribution in [3.05, 3.63) is 130 Å². The van der Waals surface area contributed by atoms with Gasteiger partial charge in [-0.05, 0) is 53.6 Å². The Morgan fingerprint density at radius 2 is 1.56 bits per heavy atom. The number of nitrogens with zero attached hydrogens (tertiary/aromatic N) is 3. The molecule has 0 aliphatic heterocycles. The van der Waals surface area contributed by atoms with Crippen molar-refractivity contribution in [1.29, 1.82) is 0 Å². The Balaban J connectivity index is 1.23. The molecule has 39 heavy (non-hydrogen) atoms. The number of non-ortho nitro benzene ring substituents is 1. The maximum absolute atomic E-state index is 12.8. The van der Waals surface area contributed by atoms with Crippen LogP contribution < -0.4 is 14.8 Å². The molecule has 0 unspecified atom stereocenters. The molecule has 0 saturated carbocycles. The quantitative estimate of drug-likeness (QED) is 0.156. The Morgan fingerprint density at radius 1 is 0.872 bits per heavy atom. The molecule has 9 nitrogen and oxygen atoms in total. The molecule has 5 aromatic rings. The van der Waals surface area contributed by atoms with Gasteiger partial charge in [-0.2, -0.15) is 5.10 Å². The molecular formula is C29H21ClN4O5. The number of anilines is 1. The number of amides is 1. The van der Waals surface area contributed by atoms with Crippen LogP contribution in [0.25, 0.3) is 11.1 Å². The second-order valence-corrected chi connectivity index (χ2v) is 8.82. The van der Waals surface area contributed by atoms with Gasteiger partial charge in [-0.3, -0.25) is 14.9 Å². The van der Waals surface area contributed by atoms with Crippen LogP contribution >= 0.6 is 11.6 Å². The second-order valence-electron chi connectivity index (χ2n) is 8.39. The van der Waals surface area contributed by atoms with Gasteiger partial charge in [0.15, 0.2) is 12.4 Å². The van der Waals surface area contributed by atoms with Gasteiger partial charge in [0.2, 0.25) is 0 Å². The van der Waals surface area contributed by atoms with E-state index >= 15 is 0 Å². The zero-order valence-corrected chi connectivity index (χ0v) is 21.1. The highest BCUT2D eigenvalue weighted by molar-refractivity contribution is 6.30. The predicted octanol–water partition coefficient (Wildman–Crippen LogP) is 7.19. The molecule has 1 aromatic heterocycles. The van der Waals surface area contributed by atoms with E-state index in [1.54, 1.807) is 30.5 Å². The smallest absolute Gasteiger partial charge is 0.276 e. The summed E-state index contributed by atoms with van der Waals surface area (Å²) >= 11 is 5.89. The molecule has 4 aromatic carbocycles. The van der Waals surface area contributed by atoms with Gasteiger partial charge < -0.3 is 14.8 Å². The first kappa shape index (κ1) is 25.5. The topological polar surface area (TPSA) is 109 Å². The van der Waals surface area contributed by atoms with E-state index in [-0.39, 0.29) is 29.5 Å². The van der Waals surface area contributed by atoms with Crippen molar-refractivity contribution in [3.63, 3.8) is 0 Å². The average molecular weight is 541 g/mol. The fraction of sp³-hybridized carbons (Fsp3) is 0.0345. The van der Waals surface area contributed by atoms with Crippen molar-refractivity contribution in [2.45, 2.75) is 6.73 Å². The lowest BCUT2D eigenvalue weighted by atomic mass is 10.1. The highest BCUT2D eigenvalue weighted by Gasteiger charge is 2.16. The van der Waals surface area contributed by atoms with Gasteiger partial charge in [-0.25, -0.2) is 4.68 Å². The zero-order chi connectivity index (χ0) is 27.2. The van der Waals surface area contributed by atoms with Gasteiger partial charge in [0.25, 0.3) is 11.6 Å². The van der Waals surface area contributed by atoms with Gasteiger partial charge in [0.05, 0.1) is 16.7 Å². The Bertz CT molecular complexity index is 1600. The van der Waals surface area contributed by atoms with E-state index in [1.807, 2.05) is 54.6 Å². The Morgan fingerprint density at radius 3 is 2.28 bits per heavy atom. The largest absolute Gasteiger partial charge is 0.471 e. The van der Waals surface area contributed by atoms with E-state index in [0.29, 0.717) is 16.5 Å². The number of rotatable bonds is 9. The summed E-state index contributed by atoms with van der Waals surface area (Å²) in [4.78, 5) is 23.7. The molecule has 0 atom stereocenters. The molecule has 0 aliphatic carbocycles. The number of carbonyl (C=O) groups excluding carboxylic acids is 1. The van der Waals surface area contributed by atoms with Crippen LogP contribution in [0.15, 0.2) is 109 Å². The molecule has 1 heterocycles. The van der Waals surface area contributed by atoms with Crippen molar-refractivity contribution in [1.82, 2.24) is 9.78 Å². The fourth-order valence-electron chi connectivity index (χ4n) is 3.72. The number of hydrogen-bond donors (Lipinski definition) is 1. The van der Waals surface area contributed by atoms with Crippen molar-refractivity contribution < 1.29 is 19.2 Å². The Kier molecular flexibility index (Phi) is 7.51. The number of nitro groups is 1.